The van der Waals surface area contributed by atoms with Gasteiger partial charge in [-0.3, -0.25) is 4.90 Å². The van der Waals surface area contributed by atoms with Crippen molar-refractivity contribution in [3.63, 3.8) is 0 Å². The van der Waals surface area contributed by atoms with Gasteiger partial charge in [-0.25, -0.2) is 4.79 Å². The van der Waals surface area contributed by atoms with Gasteiger partial charge in [-0.2, -0.15) is 0 Å². The van der Waals surface area contributed by atoms with Crippen LogP contribution in [0.4, 0.5) is 0 Å². The number of aryl methyl sites for hydroxylation is 1. The lowest BCUT2D eigenvalue weighted by Crippen LogP contribution is -2.37. The van der Waals surface area contributed by atoms with E-state index in [2.05, 4.69) is 10.2 Å². The van der Waals surface area contributed by atoms with Crippen LogP contribution >= 0.6 is 0 Å². The standard InChI is InChI=1S/C15H22N2O2/c1-12-6-3-4-7-13(12)14(15(18)19-2)17-10-5-8-16-9-11-17/h3-4,6-7,14,16H,5,8-11H2,1-2H3. The highest BCUT2D eigenvalue weighted by Crippen LogP contribution is 2.25. The summed E-state index contributed by atoms with van der Waals surface area (Å²) in [6, 6.07) is 7.76. The molecule has 4 nitrogen and oxygen atoms in total. The second kappa shape index (κ2) is 6.68. The quantitative estimate of drug-likeness (QED) is 0.838. The smallest absolute Gasteiger partial charge is 0.327 e. The number of rotatable bonds is 3. The lowest BCUT2D eigenvalue weighted by atomic mass is 9.99. The number of esters is 1. The molecule has 1 aromatic rings. The van der Waals surface area contributed by atoms with Crippen molar-refractivity contribution in [3.05, 3.63) is 35.4 Å². The fourth-order valence-electron chi connectivity index (χ4n) is 2.60. The Morgan fingerprint density at radius 3 is 2.84 bits per heavy atom. The molecule has 0 bridgehead atoms. The van der Waals surface area contributed by atoms with Crippen LogP contribution in [0.5, 0.6) is 0 Å². The van der Waals surface area contributed by atoms with Crippen molar-refractivity contribution in [1.29, 1.82) is 0 Å². The maximum absolute atomic E-state index is 12.2. The number of methoxy groups -OCH3 is 1. The average molecular weight is 262 g/mol. The highest BCUT2D eigenvalue weighted by molar-refractivity contribution is 5.78. The largest absolute Gasteiger partial charge is 0.468 e. The van der Waals surface area contributed by atoms with Crippen LogP contribution in [-0.2, 0) is 9.53 Å². The van der Waals surface area contributed by atoms with Crippen LogP contribution in [0.1, 0.15) is 23.6 Å². The highest BCUT2D eigenvalue weighted by Gasteiger charge is 2.29. The van der Waals surface area contributed by atoms with Gasteiger partial charge in [-0.1, -0.05) is 24.3 Å². The summed E-state index contributed by atoms with van der Waals surface area (Å²) in [6.07, 6.45) is 1.05. The summed E-state index contributed by atoms with van der Waals surface area (Å²) in [5.74, 6) is -0.170. The Labute approximate surface area is 114 Å². The Balaban J connectivity index is 2.30. The number of carbonyl (C=O) groups is 1. The van der Waals surface area contributed by atoms with Crippen molar-refractivity contribution in [3.8, 4) is 0 Å². The Morgan fingerprint density at radius 2 is 2.11 bits per heavy atom. The topological polar surface area (TPSA) is 41.6 Å². The Bertz CT molecular complexity index is 426. The van der Waals surface area contributed by atoms with Gasteiger partial charge < -0.3 is 10.1 Å². The van der Waals surface area contributed by atoms with Crippen molar-refractivity contribution in [2.24, 2.45) is 0 Å². The van der Waals surface area contributed by atoms with Gasteiger partial charge in [0.05, 0.1) is 7.11 Å². The molecule has 1 saturated heterocycles. The molecule has 1 heterocycles. The molecule has 0 aliphatic carbocycles. The lowest BCUT2D eigenvalue weighted by Gasteiger charge is -2.29. The molecule has 1 fully saturated rings. The molecule has 1 aliphatic heterocycles. The second-order valence-electron chi connectivity index (χ2n) is 4.92. The first-order chi connectivity index (χ1) is 9.24. The molecule has 104 valence electrons. The molecule has 2 rings (SSSR count). The van der Waals surface area contributed by atoms with Gasteiger partial charge in [0, 0.05) is 19.6 Å². The number of carbonyl (C=O) groups excluding carboxylic acids is 1. The van der Waals surface area contributed by atoms with E-state index in [1.807, 2.05) is 31.2 Å². The molecule has 0 amide bonds. The Morgan fingerprint density at radius 1 is 1.32 bits per heavy atom. The molecule has 0 aromatic heterocycles. The molecule has 0 radical (unpaired) electrons. The monoisotopic (exact) mass is 262 g/mol. The minimum Gasteiger partial charge on any atom is -0.468 e. The molecule has 0 spiro atoms. The van der Waals surface area contributed by atoms with Crippen molar-refractivity contribution in [2.75, 3.05) is 33.3 Å². The summed E-state index contributed by atoms with van der Waals surface area (Å²) in [5.41, 5.74) is 2.19. The average Bonchev–Trinajstić information content (AvgIpc) is 2.70. The zero-order valence-corrected chi connectivity index (χ0v) is 11.7. The van der Waals surface area contributed by atoms with Crippen LogP contribution in [0.3, 0.4) is 0 Å². The summed E-state index contributed by atoms with van der Waals surface area (Å²) in [7, 11) is 1.46. The fraction of sp³-hybridized carbons (Fsp3) is 0.533. The van der Waals surface area contributed by atoms with Crippen molar-refractivity contribution >= 4 is 5.97 Å². The van der Waals surface area contributed by atoms with Gasteiger partial charge in [0.25, 0.3) is 0 Å². The molecule has 1 aromatic carbocycles. The summed E-state index contributed by atoms with van der Waals surface area (Å²) < 4.78 is 5.01. The van der Waals surface area contributed by atoms with Crippen LogP contribution in [0.2, 0.25) is 0 Å². The van der Waals surface area contributed by atoms with E-state index in [4.69, 9.17) is 4.74 Å². The minimum absolute atomic E-state index is 0.170. The van der Waals surface area contributed by atoms with Gasteiger partial charge in [-0.15, -0.1) is 0 Å². The minimum atomic E-state index is -0.286. The third-order valence-electron chi connectivity index (χ3n) is 3.65. The third-order valence-corrected chi connectivity index (χ3v) is 3.65. The van der Waals surface area contributed by atoms with Gasteiger partial charge >= 0.3 is 5.97 Å². The van der Waals surface area contributed by atoms with Crippen LogP contribution in [0.25, 0.3) is 0 Å². The Hall–Kier alpha value is -1.39. The van der Waals surface area contributed by atoms with E-state index in [-0.39, 0.29) is 12.0 Å². The van der Waals surface area contributed by atoms with E-state index in [0.29, 0.717) is 0 Å². The number of benzene rings is 1. The molecule has 0 saturated carbocycles. The lowest BCUT2D eigenvalue weighted by molar-refractivity contribution is -0.147. The van der Waals surface area contributed by atoms with Crippen molar-refractivity contribution in [2.45, 2.75) is 19.4 Å². The maximum Gasteiger partial charge on any atom is 0.327 e. The number of nitrogens with zero attached hydrogens (tertiary/aromatic N) is 1. The highest BCUT2D eigenvalue weighted by atomic mass is 16.5. The van der Waals surface area contributed by atoms with E-state index in [1.54, 1.807) is 0 Å². The van der Waals surface area contributed by atoms with E-state index in [9.17, 15) is 4.79 Å². The first kappa shape index (κ1) is 14.0. The predicted octanol–water partition coefficient (Wildman–Crippen LogP) is 1.50. The zero-order valence-electron chi connectivity index (χ0n) is 11.7. The van der Waals surface area contributed by atoms with E-state index < -0.39 is 0 Å². The van der Waals surface area contributed by atoms with Crippen LogP contribution < -0.4 is 5.32 Å². The molecule has 1 aliphatic rings. The summed E-state index contributed by atoms with van der Waals surface area (Å²) >= 11 is 0. The number of ether oxygens (including phenoxy) is 1. The fourth-order valence-corrected chi connectivity index (χ4v) is 2.60. The molecule has 1 N–H and O–H groups in total. The number of hydrogen-bond donors (Lipinski definition) is 1. The first-order valence-corrected chi connectivity index (χ1v) is 6.82. The predicted molar refractivity (Wildman–Crippen MR) is 75.0 cm³/mol. The first-order valence-electron chi connectivity index (χ1n) is 6.82. The van der Waals surface area contributed by atoms with Gasteiger partial charge in [0.1, 0.15) is 6.04 Å². The van der Waals surface area contributed by atoms with Crippen molar-refractivity contribution < 1.29 is 9.53 Å². The summed E-state index contributed by atoms with van der Waals surface area (Å²) in [4.78, 5) is 14.4. The van der Waals surface area contributed by atoms with E-state index in [0.717, 1.165) is 43.7 Å². The number of nitrogens with one attached hydrogen (secondary N) is 1. The van der Waals surface area contributed by atoms with Crippen molar-refractivity contribution in [1.82, 2.24) is 10.2 Å². The van der Waals surface area contributed by atoms with Crippen LogP contribution in [-0.4, -0.2) is 44.2 Å². The van der Waals surface area contributed by atoms with Crippen LogP contribution in [0.15, 0.2) is 24.3 Å². The third kappa shape index (κ3) is 3.33. The molecule has 1 atom stereocenters. The van der Waals surface area contributed by atoms with Gasteiger partial charge in [0.2, 0.25) is 0 Å². The Kier molecular flexibility index (Phi) is 4.93. The van der Waals surface area contributed by atoms with Gasteiger partial charge in [-0.05, 0) is 31.0 Å². The van der Waals surface area contributed by atoms with E-state index in [1.165, 1.54) is 7.11 Å². The van der Waals surface area contributed by atoms with Crippen LogP contribution in [0, 0.1) is 6.92 Å². The normalized spacial score (nSPS) is 18.6. The van der Waals surface area contributed by atoms with Gasteiger partial charge in [0.15, 0.2) is 0 Å². The molecule has 19 heavy (non-hydrogen) atoms. The number of hydrogen-bond acceptors (Lipinski definition) is 4. The zero-order chi connectivity index (χ0) is 13.7. The maximum atomic E-state index is 12.2. The summed E-state index contributed by atoms with van der Waals surface area (Å²) in [5, 5.41) is 3.36. The second-order valence-corrected chi connectivity index (χ2v) is 4.92. The SMILES string of the molecule is COC(=O)C(c1ccccc1C)N1CCCNCC1. The molecule has 4 heteroatoms. The molecular weight excluding hydrogens is 240 g/mol. The molecule has 1 unspecified atom stereocenters. The molecular formula is C15H22N2O2. The summed E-state index contributed by atoms with van der Waals surface area (Å²) in [6.45, 7) is 5.76. The van der Waals surface area contributed by atoms with E-state index >= 15 is 0 Å².